The third-order valence-electron chi connectivity index (χ3n) is 4.38. The summed E-state index contributed by atoms with van der Waals surface area (Å²) in [6.45, 7) is 5.50. The summed E-state index contributed by atoms with van der Waals surface area (Å²) in [5.74, 6) is -0.916. The smallest absolute Gasteiger partial charge is 0.338 e. The first-order chi connectivity index (χ1) is 13.4. The van der Waals surface area contributed by atoms with Crippen LogP contribution in [0.25, 0.3) is 0 Å². The Hall–Kier alpha value is -3.15. The fourth-order valence-corrected chi connectivity index (χ4v) is 2.77. The van der Waals surface area contributed by atoms with Crippen LogP contribution in [0.5, 0.6) is 0 Å². The fourth-order valence-electron chi connectivity index (χ4n) is 2.77. The highest BCUT2D eigenvalue weighted by molar-refractivity contribution is 5.93. The van der Waals surface area contributed by atoms with Gasteiger partial charge in [-0.15, -0.1) is 0 Å². The average molecular weight is 382 g/mol. The molecule has 2 aromatic rings. The van der Waals surface area contributed by atoms with Gasteiger partial charge in [-0.2, -0.15) is 0 Å². The van der Waals surface area contributed by atoms with Gasteiger partial charge in [0.05, 0.1) is 5.56 Å². The Balaban J connectivity index is 1.87. The standard InChI is InChI=1S/C22H26N2O4/c1-4-17(18-8-6-5-7-9-18)14-23-21(26)15(2)28-22(27)19-10-12-20(13-11-19)24-16(3)25/h5-13,15,17H,4,14H2,1-3H3,(H,23,26)(H,24,25)/t15-,17-/m1/s1. The lowest BCUT2D eigenvalue weighted by atomic mass is 9.96. The lowest BCUT2D eigenvalue weighted by Crippen LogP contribution is -2.38. The van der Waals surface area contributed by atoms with Crippen molar-refractivity contribution in [2.75, 3.05) is 11.9 Å². The molecule has 0 aliphatic rings. The van der Waals surface area contributed by atoms with Crippen LogP contribution in [0.3, 0.4) is 0 Å². The van der Waals surface area contributed by atoms with Gasteiger partial charge in [0.25, 0.3) is 5.91 Å². The molecule has 0 fully saturated rings. The van der Waals surface area contributed by atoms with Crippen LogP contribution < -0.4 is 10.6 Å². The summed E-state index contributed by atoms with van der Waals surface area (Å²) >= 11 is 0. The van der Waals surface area contributed by atoms with Crippen LogP contribution in [0.2, 0.25) is 0 Å². The molecule has 0 spiro atoms. The van der Waals surface area contributed by atoms with Gasteiger partial charge in [-0.1, -0.05) is 37.3 Å². The normalized spacial score (nSPS) is 12.5. The van der Waals surface area contributed by atoms with Crippen molar-refractivity contribution in [3.63, 3.8) is 0 Å². The summed E-state index contributed by atoms with van der Waals surface area (Å²) in [7, 11) is 0. The number of amides is 2. The molecule has 0 saturated heterocycles. The molecule has 2 rings (SSSR count). The number of anilines is 1. The Morgan fingerprint density at radius 1 is 1.00 bits per heavy atom. The van der Waals surface area contributed by atoms with E-state index in [0.717, 1.165) is 12.0 Å². The number of nitrogens with one attached hydrogen (secondary N) is 2. The third kappa shape index (κ3) is 6.23. The van der Waals surface area contributed by atoms with Gasteiger partial charge in [0.1, 0.15) is 0 Å². The van der Waals surface area contributed by atoms with Gasteiger partial charge < -0.3 is 15.4 Å². The van der Waals surface area contributed by atoms with Crippen molar-refractivity contribution >= 4 is 23.5 Å². The van der Waals surface area contributed by atoms with Crippen LogP contribution in [0.4, 0.5) is 5.69 Å². The maximum atomic E-state index is 12.3. The Morgan fingerprint density at radius 2 is 1.64 bits per heavy atom. The molecule has 0 aromatic heterocycles. The van der Waals surface area contributed by atoms with Crippen molar-refractivity contribution in [3.8, 4) is 0 Å². The lowest BCUT2D eigenvalue weighted by Gasteiger charge is -2.18. The van der Waals surface area contributed by atoms with E-state index in [1.54, 1.807) is 31.2 Å². The average Bonchev–Trinajstić information content (AvgIpc) is 2.69. The first-order valence-corrected chi connectivity index (χ1v) is 9.32. The second-order valence-electron chi connectivity index (χ2n) is 6.57. The highest BCUT2D eigenvalue weighted by Crippen LogP contribution is 2.18. The van der Waals surface area contributed by atoms with E-state index in [4.69, 9.17) is 4.74 Å². The minimum Gasteiger partial charge on any atom is -0.449 e. The zero-order chi connectivity index (χ0) is 20.5. The van der Waals surface area contributed by atoms with Gasteiger partial charge >= 0.3 is 5.97 Å². The number of carbonyl (C=O) groups excluding carboxylic acids is 3. The molecule has 0 aliphatic carbocycles. The lowest BCUT2D eigenvalue weighted by molar-refractivity contribution is -0.129. The fraction of sp³-hybridized carbons (Fsp3) is 0.318. The predicted molar refractivity (Wildman–Crippen MR) is 108 cm³/mol. The number of carbonyl (C=O) groups is 3. The van der Waals surface area contributed by atoms with E-state index in [9.17, 15) is 14.4 Å². The van der Waals surface area contributed by atoms with Crippen LogP contribution in [0.1, 0.15) is 49.0 Å². The molecule has 0 bridgehead atoms. The molecule has 2 aromatic carbocycles. The van der Waals surface area contributed by atoms with Gasteiger partial charge in [-0.05, 0) is 43.2 Å². The largest absolute Gasteiger partial charge is 0.449 e. The minimum absolute atomic E-state index is 0.193. The number of hydrogen-bond donors (Lipinski definition) is 2. The quantitative estimate of drug-likeness (QED) is 0.685. The summed E-state index contributed by atoms with van der Waals surface area (Å²) in [6.07, 6.45) is -0.0187. The van der Waals surface area contributed by atoms with Crippen molar-refractivity contribution in [2.24, 2.45) is 0 Å². The summed E-state index contributed by atoms with van der Waals surface area (Å²) < 4.78 is 5.25. The number of hydrogen-bond acceptors (Lipinski definition) is 4. The Morgan fingerprint density at radius 3 is 2.21 bits per heavy atom. The molecule has 2 N–H and O–H groups in total. The van der Waals surface area contributed by atoms with Crippen LogP contribution >= 0.6 is 0 Å². The van der Waals surface area contributed by atoms with Gasteiger partial charge in [-0.3, -0.25) is 9.59 Å². The molecule has 2 atom stereocenters. The monoisotopic (exact) mass is 382 g/mol. The zero-order valence-electron chi connectivity index (χ0n) is 16.4. The van der Waals surface area contributed by atoms with E-state index in [2.05, 4.69) is 17.6 Å². The van der Waals surface area contributed by atoms with Crippen molar-refractivity contribution in [3.05, 3.63) is 65.7 Å². The molecule has 6 nitrogen and oxygen atoms in total. The van der Waals surface area contributed by atoms with Crippen LogP contribution in [0, 0.1) is 0 Å². The van der Waals surface area contributed by atoms with E-state index < -0.39 is 12.1 Å². The van der Waals surface area contributed by atoms with E-state index in [-0.39, 0.29) is 17.7 Å². The van der Waals surface area contributed by atoms with Crippen molar-refractivity contribution in [1.82, 2.24) is 5.32 Å². The number of ether oxygens (including phenoxy) is 1. The maximum Gasteiger partial charge on any atom is 0.338 e. The van der Waals surface area contributed by atoms with Crippen molar-refractivity contribution in [2.45, 2.75) is 39.2 Å². The summed E-state index contributed by atoms with van der Waals surface area (Å²) in [6, 6.07) is 16.3. The molecule has 0 unspecified atom stereocenters. The number of rotatable bonds is 8. The zero-order valence-corrected chi connectivity index (χ0v) is 16.4. The topological polar surface area (TPSA) is 84.5 Å². The van der Waals surface area contributed by atoms with Crippen LogP contribution in [-0.4, -0.2) is 30.4 Å². The van der Waals surface area contributed by atoms with Crippen LogP contribution in [0.15, 0.2) is 54.6 Å². The molecule has 0 radical (unpaired) electrons. The second-order valence-corrected chi connectivity index (χ2v) is 6.57. The molecule has 148 valence electrons. The second kappa shape index (κ2) is 10.3. The minimum atomic E-state index is -0.907. The first-order valence-electron chi connectivity index (χ1n) is 9.32. The molecule has 2 amide bonds. The third-order valence-corrected chi connectivity index (χ3v) is 4.38. The van der Waals surface area contributed by atoms with E-state index in [0.29, 0.717) is 17.8 Å². The highest BCUT2D eigenvalue weighted by atomic mass is 16.5. The molecular formula is C22H26N2O4. The van der Waals surface area contributed by atoms with Gasteiger partial charge in [-0.25, -0.2) is 4.79 Å². The van der Waals surface area contributed by atoms with Crippen molar-refractivity contribution in [1.29, 1.82) is 0 Å². The molecular weight excluding hydrogens is 356 g/mol. The van der Waals surface area contributed by atoms with E-state index >= 15 is 0 Å². The number of benzene rings is 2. The van der Waals surface area contributed by atoms with E-state index in [1.807, 2.05) is 30.3 Å². The summed E-state index contributed by atoms with van der Waals surface area (Å²) in [4.78, 5) is 35.5. The molecule has 0 heterocycles. The van der Waals surface area contributed by atoms with Gasteiger partial charge in [0, 0.05) is 25.1 Å². The van der Waals surface area contributed by atoms with E-state index in [1.165, 1.54) is 6.92 Å². The molecule has 0 saturated carbocycles. The molecule has 28 heavy (non-hydrogen) atoms. The predicted octanol–water partition coefficient (Wildman–Crippen LogP) is 3.50. The Labute approximate surface area is 165 Å². The number of esters is 1. The highest BCUT2D eigenvalue weighted by Gasteiger charge is 2.20. The van der Waals surface area contributed by atoms with Gasteiger partial charge in [0.15, 0.2) is 6.10 Å². The van der Waals surface area contributed by atoms with Crippen molar-refractivity contribution < 1.29 is 19.1 Å². The Bertz CT molecular complexity index is 803. The maximum absolute atomic E-state index is 12.3. The summed E-state index contributed by atoms with van der Waals surface area (Å²) in [5, 5.41) is 5.48. The molecule has 0 aliphatic heterocycles. The Kier molecular flexibility index (Phi) is 7.75. The summed E-state index contributed by atoms with van der Waals surface area (Å²) in [5.41, 5.74) is 2.06. The van der Waals surface area contributed by atoms with Crippen LogP contribution in [-0.2, 0) is 14.3 Å². The van der Waals surface area contributed by atoms with Gasteiger partial charge in [0.2, 0.25) is 5.91 Å². The SMILES string of the molecule is CC[C@H](CNC(=O)[C@@H](C)OC(=O)c1ccc(NC(C)=O)cc1)c1ccccc1. The first kappa shape index (κ1) is 21.2. The molecule has 6 heteroatoms.